The molecular weight excluding hydrogens is 317 g/mol. The van der Waals surface area contributed by atoms with Crippen LogP contribution in [0.2, 0.25) is 0 Å². The topological polar surface area (TPSA) is 50.5 Å². The normalized spacial score (nSPS) is 28.9. The minimum absolute atomic E-state index is 0.234. The highest BCUT2D eigenvalue weighted by Gasteiger charge is 2.37. The van der Waals surface area contributed by atoms with Crippen LogP contribution in [0, 0.1) is 12.7 Å². The lowest BCUT2D eigenvalue weighted by molar-refractivity contribution is -0.0105. The number of nitrogen functional groups attached to an aromatic ring is 1. The van der Waals surface area contributed by atoms with Crippen molar-refractivity contribution in [3.63, 3.8) is 0 Å². The molecule has 0 aromatic heterocycles. The van der Waals surface area contributed by atoms with Crippen LogP contribution in [0.25, 0.3) is 0 Å². The zero-order valence-corrected chi connectivity index (χ0v) is 15.8. The summed E-state index contributed by atoms with van der Waals surface area (Å²) in [6, 6.07) is 3.79. The molecule has 0 amide bonds. The van der Waals surface area contributed by atoms with E-state index in [9.17, 15) is 4.39 Å². The number of anilines is 2. The van der Waals surface area contributed by atoms with Gasteiger partial charge in [-0.15, -0.1) is 0 Å². The zero-order valence-electron chi connectivity index (χ0n) is 15.8. The molecule has 2 fully saturated rings. The lowest BCUT2D eigenvalue weighted by Gasteiger charge is -2.48. The van der Waals surface area contributed by atoms with Gasteiger partial charge < -0.3 is 15.8 Å². The largest absolute Gasteiger partial charge is 0.395 e. The molecule has 1 aromatic carbocycles. The monoisotopic (exact) mass is 349 g/mol. The lowest BCUT2D eigenvalue weighted by atomic mass is 9.79. The summed E-state index contributed by atoms with van der Waals surface area (Å²) in [5.41, 5.74) is 8.07. The van der Waals surface area contributed by atoms with E-state index in [0.717, 1.165) is 50.0 Å². The number of nitrogens with one attached hydrogen (secondary N) is 1. The summed E-state index contributed by atoms with van der Waals surface area (Å²) >= 11 is 0. The molecule has 1 aromatic rings. The summed E-state index contributed by atoms with van der Waals surface area (Å²) in [6.45, 7) is 6.47. The third-order valence-electron chi connectivity index (χ3n) is 6.24. The average molecular weight is 349 g/mol. The van der Waals surface area contributed by atoms with Gasteiger partial charge in [0.2, 0.25) is 0 Å². The predicted molar refractivity (Wildman–Crippen MR) is 101 cm³/mol. The third kappa shape index (κ3) is 4.09. The van der Waals surface area contributed by atoms with E-state index >= 15 is 0 Å². The van der Waals surface area contributed by atoms with Crippen LogP contribution in [0.3, 0.4) is 0 Å². The molecule has 25 heavy (non-hydrogen) atoms. The van der Waals surface area contributed by atoms with Crippen LogP contribution >= 0.6 is 0 Å². The third-order valence-corrected chi connectivity index (χ3v) is 6.24. The van der Waals surface area contributed by atoms with Gasteiger partial charge in [0, 0.05) is 31.8 Å². The first-order valence-electron chi connectivity index (χ1n) is 9.51. The van der Waals surface area contributed by atoms with Gasteiger partial charge in [-0.3, -0.25) is 4.90 Å². The molecule has 1 aliphatic carbocycles. The number of likely N-dealkylation sites (tertiary alicyclic amines) is 1. The Kier molecular flexibility index (Phi) is 5.54. The Labute approximate surface area is 150 Å². The molecule has 1 saturated heterocycles. The fraction of sp³-hybridized carbons (Fsp3) is 0.700. The molecule has 4 nitrogen and oxygen atoms in total. The van der Waals surface area contributed by atoms with Gasteiger partial charge >= 0.3 is 0 Å². The number of nitrogens with zero attached hydrogens (tertiary/aromatic N) is 1. The van der Waals surface area contributed by atoms with Gasteiger partial charge in [-0.05, 0) is 70.1 Å². The van der Waals surface area contributed by atoms with Crippen LogP contribution < -0.4 is 11.1 Å². The first kappa shape index (κ1) is 18.5. The second kappa shape index (κ2) is 7.50. The van der Waals surface area contributed by atoms with Crippen molar-refractivity contribution in [1.29, 1.82) is 0 Å². The van der Waals surface area contributed by atoms with E-state index < -0.39 is 0 Å². The molecule has 2 aliphatic rings. The number of nitrogens with two attached hydrogens (primary N) is 1. The minimum atomic E-state index is -0.331. The van der Waals surface area contributed by atoms with E-state index in [1.54, 1.807) is 0 Å². The molecule has 0 unspecified atom stereocenters. The molecule has 0 radical (unpaired) electrons. The van der Waals surface area contributed by atoms with E-state index in [4.69, 9.17) is 10.5 Å². The fourth-order valence-corrected chi connectivity index (χ4v) is 4.42. The second-order valence-corrected chi connectivity index (χ2v) is 8.05. The minimum Gasteiger partial charge on any atom is -0.395 e. The van der Waals surface area contributed by atoms with Crippen molar-refractivity contribution in [3.8, 4) is 0 Å². The molecule has 1 heterocycles. The van der Waals surface area contributed by atoms with Crippen LogP contribution in [0.15, 0.2) is 12.1 Å². The van der Waals surface area contributed by atoms with Crippen molar-refractivity contribution in [1.82, 2.24) is 4.90 Å². The van der Waals surface area contributed by atoms with Crippen molar-refractivity contribution in [3.05, 3.63) is 23.5 Å². The standard InChI is InChI=1S/C20H32FN3O/c1-14-12-17(21)19(22)18(13-14)23-15-6-10-24(11-7-15)20(2)8-4-16(25-3)5-9-20/h12-13,15-16,23H,4-11,22H2,1-3H3/t16-,20-. The van der Waals surface area contributed by atoms with Crippen LogP contribution in [-0.2, 0) is 4.74 Å². The molecule has 3 N–H and O–H groups in total. The highest BCUT2D eigenvalue weighted by atomic mass is 19.1. The Morgan fingerprint density at radius 3 is 2.44 bits per heavy atom. The van der Waals surface area contributed by atoms with E-state index in [0.29, 0.717) is 17.7 Å². The number of hydrogen-bond donors (Lipinski definition) is 2. The Hall–Kier alpha value is -1.33. The number of ether oxygens (including phenoxy) is 1. The fourth-order valence-electron chi connectivity index (χ4n) is 4.42. The number of benzene rings is 1. The Morgan fingerprint density at radius 2 is 1.84 bits per heavy atom. The number of methoxy groups -OCH3 is 1. The van der Waals surface area contributed by atoms with E-state index in [2.05, 4.69) is 17.1 Å². The zero-order chi connectivity index (χ0) is 18.0. The summed E-state index contributed by atoms with van der Waals surface area (Å²) in [5, 5.41) is 3.47. The highest BCUT2D eigenvalue weighted by molar-refractivity contribution is 5.68. The van der Waals surface area contributed by atoms with Gasteiger partial charge in [0.1, 0.15) is 5.82 Å². The molecule has 140 valence electrons. The number of hydrogen-bond acceptors (Lipinski definition) is 4. The molecular formula is C20H32FN3O. The van der Waals surface area contributed by atoms with Gasteiger partial charge in [-0.25, -0.2) is 4.39 Å². The molecule has 5 heteroatoms. The molecule has 3 rings (SSSR count). The summed E-state index contributed by atoms with van der Waals surface area (Å²) in [4.78, 5) is 2.65. The van der Waals surface area contributed by atoms with Gasteiger partial charge in [0.05, 0.1) is 17.5 Å². The van der Waals surface area contributed by atoms with Crippen LogP contribution in [-0.4, -0.2) is 42.8 Å². The first-order chi connectivity index (χ1) is 11.9. The van der Waals surface area contributed by atoms with Gasteiger partial charge in [0.25, 0.3) is 0 Å². The van der Waals surface area contributed by atoms with Crippen LogP contribution in [0.4, 0.5) is 15.8 Å². The van der Waals surface area contributed by atoms with Gasteiger partial charge in [0.15, 0.2) is 0 Å². The van der Waals surface area contributed by atoms with Crippen LogP contribution in [0.5, 0.6) is 0 Å². The maximum absolute atomic E-state index is 13.8. The number of halogens is 1. The lowest BCUT2D eigenvalue weighted by Crippen LogP contribution is -2.53. The molecule has 1 saturated carbocycles. The van der Waals surface area contributed by atoms with Crippen molar-refractivity contribution in [2.45, 2.75) is 70.1 Å². The van der Waals surface area contributed by atoms with E-state index in [-0.39, 0.29) is 11.5 Å². The Morgan fingerprint density at radius 1 is 1.20 bits per heavy atom. The maximum Gasteiger partial charge on any atom is 0.148 e. The van der Waals surface area contributed by atoms with Crippen molar-refractivity contribution < 1.29 is 9.13 Å². The molecule has 1 aliphatic heterocycles. The molecule has 0 bridgehead atoms. The first-order valence-corrected chi connectivity index (χ1v) is 9.51. The van der Waals surface area contributed by atoms with Crippen molar-refractivity contribution >= 4 is 11.4 Å². The van der Waals surface area contributed by atoms with Crippen molar-refractivity contribution in [2.24, 2.45) is 0 Å². The predicted octanol–water partition coefficient (Wildman–Crippen LogP) is 3.94. The average Bonchev–Trinajstić information content (AvgIpc) is 2.60. The number of piperidine rings is 1. The highest BCUT2D eigenvalue weighted by Crippen LogP contribution is 2.36. The van der Waals surface area contributed by atoms with E-state index in [1.165, 1.54) is 18.9 Å². The van der Waals surface area contributed by atoms with E-state index in [1.807, 2.05) is 20.1 Å². The SMILES string of the molecule is CO[C@H]1CC[C@](C)(N2CCC(Nc3cc(C)cc(F)c3N)CC2)CC1. The molecule has 0 atom stereocenters. The summed E-state index contributed by atoms with van der Waals surface area (Å²) in [6.07, 6.45) is 7.30. The second-order valence-electron chi connectivity index (χ2n) is 8.05. The summed E-state index contributed by atoms with van der Waals surface area (Å²) in [7, 11) is 1.82. The summed E-state index contributed by atoms with van der Waals surface area (Å²) < 4.78 is 19.3. The quantitative estimate of drug-likeness (QED) is 0.809. The Bertz CT molecular complexity index is 591. The number of rotatable bonds is 4. The number of aryl methyl sites for hydroxylation is 1. The van der Waals surface area contributed by atoms with Gasteiger partial charge in [-0.2, -0.15) is 0 Å². The molecule has 0 spiro atoms. The Balaban J connectivity index is 1.56. The maximum atomic E-state index is 13.8. The summed E-state index contributed by atoms with van der Waals surface area (Å²) in [5.74, 6) is -0.331. The smallest absolute Gasteiger partial charge is 0.148 e. The van der Waals surface area contributed by atoms with Gasteiger partial charge in [-0.1, -0.05) is 0 Å². The van der Waals surface area contributed by atoms with Crippen molar-refractivity contribution in [2.75, 3.05) is 31.2 Å². The van der Waals surface area contributed by atoms with Crippen LogP contribution in [0.1, 0.15) is 51.0 Å².